The molecule has 15 nitrogen and oxygen atoms in total. The summed E-state index contributed by atoms with van der Waals surface area (Å²) in [6, 6.07) is -0.650. The smallest absolute Gasteiger partial charge is 0.317 e. The normalized spacial score (nSPS) is 17.6. The lowest BCUT2D eigenvalue weighted by atomic mass is 10.1. The van der Waals surface area contributed by atoms with E-state index >= 15 is 0 Å². The maximum absolute atomic E-state index is 12.7. The average Bonchev–Trinajstić information content (AvgIpc) is 2.89. The van der Waals surface area contributed by atoms with Crippen molar-refractivity contribution < 1.29 is 39.3 Å². The lowest BCUT2D eigenvalue weighted by molar-refractivity contribution is -0.140. The first-order chi connectivity index (χ1) is 19.8. The van der Waals surface area contributed by atoms with Crippen molar-refractivity contribution in [3.05, 3.63) is 0 Å². The lowest BCUT2D eigenvalue weighted by Gasteiger charge is -2.32. The Bertz CT molecular complexity index is 828. The number of rotatable bonds is 17. The highest BCUT2D eigenvalue weighted by Crippen LogP contribution is 2.03. The fraction of sp³-hybridized carbons (Fsp3) is 0.815. The number of amides is 2. The van der Waals surface area contributed by atoms with Gasteiger partial charge >= 0.3 is 17.9 Å². The Labute approximate surface area is 248 Å². The number of aliphatic carboxylic acids is 3. The topological polar surface area (TPSA) is 209 Å². The van der Waals surface area contributed by atoms with Crippen LogP contribution in [0.1, 0.15) is 39.5 Å². The van der Waals surface area contributed by atoms with Gasteiger partial charge in [0.1, 0.15) is 0 Å². The van der Waals surface area contributed by atoms with Crippen LogP contribution in [0.15, 0.2) is 0 Å². The van der Waals surface area contributed by atoms with Gasteiger partial charge in [-0.05, 0) is 31.6 Å². The van der Waals surface area contributed by atoms with Crippen molar-refractivity contribution >= 4 is 29.7 Å². The minimum atomic E-state index is -1.02. The van der Waals surface area contributed by atoms with Crippen LogP contribution in [0.4, 0.5) is 0 Å². The minimum absolute atomic E-state index is 0.0371. The van der Waals surface area contributed by atoms with Crippen LogP contribution in [0.5, 0.6) is 0 Å². The van der Waals surface area contributed by atoms with E-state index in [4.69, 9.17) is 5.73 Å². The molecule has 0 spiro atoms. The molecule has 1 atom stereocenters. The van der Waals surface area contributed by atoms with Crippen LogP contribution >= 0.6 is 0 Å². The Hall–Kier alpha value is -2.85. The molecule has 1 fully saturated rings. The maximum atomic E-state index is 12.7. The molecule has 1 saturated heterocycles. The van der Waals surface area contributed by atoms with E-state index in [0.29, 0.717) is 84.2 Å². The molecule has 42 heavy (non-hydrogen) atoms. The third-order valence-corrected chi connectivity index (χ3v) is 6.98. The van der Waals surface area contributed by atoms with Crippen LogP contribution in [0.3, 0.4) is 0 Å². The standard InChI is InChI=1S/C27H51N7O8/c1-21(2)5-3-8-30-27(42)22(28)6-4-7-29-23(35)17-31-9-11-32(18-24(36)37)13-15-34(20-26(40)41)16-14-33(12-10-31)19-25(38)39/h21-22H,3-20,28H2,1-2H3,(H,29,35)(H,30,42)(H,36,37)(H,38,39)(H,40,41)/t22-/m1/s1. The number of hydrogen-bond acceptors (Lipinski definition) is 10. The van der Waals surface area contributed by atoms with E-state index in [0.717, 1.165) is 12.8 Å². The summed E-state index contributed by atoms with van der Waals surface area (Å²) in [4.78, 5) is 65.9. The first-order valence-electron chi connectivity index (χ1n) is 14.7. The zero-order chi connectivity index (χ0) is 31.5. The Morgan fingerprint density at radius 1 is 0.619 bits per heavy atom. The fourth-order valence-electron chi connectivity index (χ4n) is 4.58. The highest BCUT2D eigenvalue weighted by molar-refractivity contribution is 5.81. The molecule has 0 radical (unpaired) electrons. The van der Waals surface area contributed by atoms with Crippen molar-refractivity contribution in [2.24, 2.45) is 11.7 Å². The maximum Gasteiger partial charge on any atom is 0.317 e. The molecule has 1 aliphatic rings. The third-order valence-electron chi connectivity index (χ3n) is 6.98. The van der Waals surface area contributed by atoms with E-state index in [9.17, 15) is 39.3 Å². The Kier molecular flexibility index (Phi) is 18.5. The molecule has 1 aliphatic heterocycles. The molecule has 0 aromatic rings. The number of carbonyl (C=O) groups is 5. The molecule has 0 aromatic carbocycles. The van der Waals surface area contributed by atoms with Gasteiger partial charge in [-0.3, -0.25) is 43.6 Å². The molecule has 242 valence electrons. The highest BCUT2D eigenvalue weighted by Gasteiger charge is 2.21. The minimum Gasteiger partial charge on any atom is -0.480 e. The quantitative estimate of drug-likeness (QED) is 0.102. The zero-order valence-corrected chi connectivity index (χ0v) is 25.1. The predicted molar refractivity (Wildman–Crippen MR) is 156 cm³/mol. The van der Waals surface area contributed by atoms with Gasteiger partial charge in [0.15, 0.2) is 0 Å². The van der Waals surface area contributed by atoms with Crippen molar-refractivity contribution in [1.29, 1.82) is 0 Å². The largest absolute Gasteiger partial charge is 0.480 e. The number of nitrogens with zero attached hydrogens (tertiary/aromatic N) is 4. The zero-order valence-electron chi connectivity index (χ0n) is 25.1. The fourth-order valence-corrected chi connectivity index (χ4v) is 4.58. The average molecular weight is 602 g/mol. The van der Waals surface area contributed by atoms with E-state index in [1.165, 1.54) is 0 Å². The molecule has 2 amide bonds. The summed E-state index contributed by atoms with van der Waals surface area (Å²) < 4.78 is 0. The van der Waals surface area contributed by atoms with Crippen molar-refractivity contribution in [2.75, 3.05) is 91.6 Å². The molecule has 0 aliphatic carbocycles. The molecule has 15 heteroatoms. The van der Waals surface area contributed by atoms with Gasteiger partial charge in [0.05, 0.1) is 32.2 Å². The predicted octanol–water partition coefficient (Wildman–Crippen LogP) is -1.76. The van der Waals surface area contributed by atoms with Crippen LogP contribution in [0, 0.1) is 5.92 Å². The van der Waals surface area contributed by atoms with Crippen LogP contribution < -0.4 is 16.4 Å². The van der Waals surface area contributed by atoms with Crippen LogP contribution in [0.2, 0.25) is 0 Å². The van der Waals surface area contributed by atoms with Gasteiger partial charge in [-0.25, -0.2) is 0 Å². The van der Waals surface area contributed by atoms with Gasteiger partial charge in [-0.15, -0.1) is 0 Å². The van der Waals surface area contributed by atoms with Gasteiger partial charge in [-0.1, -0.05) is 13.8 Å². The molecule has 0 aromatic heterocycles. The monoisotopic (exact) mass is 601 g/mol. The number of nitrogens with one attached hydrogen (secondary N) is 2. The number of carbonyl (C=O) groups excluding carboxylic acids is 2. The highest BCUT2D eigenvalue weighted by atomic mass is 16.4. The van der Waals surface area contributed by atoms with E-state index in [1.54, 1.807) is 14.7 Å². The summed E-state index contributed by atoms with van der Waals surface area (Å²) >= 11 is 0. The first kappa shape index (κ1) is 37.2. The van der Waals surface area contributed by atoms with Crippen molar-refractivity contribution in [3.63, 3.8) is 0 Å². The summed E-state index contributed by atoms with van der Waals surface area (Å²) in [7, 11) is 0. The lowest BCUT2D eigenvalue weighted by Crippen LogP contribution is -2.49. The van der Waals surface area contributed by atoms with Gasteiger partial charge < -0.3 is 31.7 Å². The number of hydrogen-bond donors (Lipinski definition) is 6. The summed E-state index contributed by atoms with van der Waals surface area (Å²) in [6.07, 6.45) is 2.87. The van der Waals surface area contributed by atoms with Crippen LogP contribution in [-0.4, -0.2) is 162 Å². The second-order valence-electron chi connectivity index (χ2n) is 11.2. The Morgan fingerprint density at radius 3 is 1.36 bits per heavy atom. The SMILES string of the molecule is CC(C)CCCNC(=O)[C@H](N)CCCNC(=O)CN1CCN(CC(=O)O)CCN(CC(=O)O)CCN(CC(=O)O)CC1. The van der Waals surface area contributed by atoms with Crippen molar-refractivity contribution in [3.8, 4) is 0 Å². The molecular formula is C27H51N7O8. The number of carboxylic acid groups (broad SMARTS) is 3. The van der Waals surface area contributed by atoms with E-state index in [2.05, 4.69) is 24.5 Å². The molecule has 0 saturated carbocycles. The molecule has 0 unspecified atom stereocenters. The summed E-state index contributed by atoms with van der Waals surface area (Å²) in [6.45, 7) is 7.16. The summed E-state index contributed by atoms with van der Waals surface area (Å²) in [5.41, 5.74) is 5.98. The number of nitrogens with two attached hydrogens (primary N) is 1. The molecule has 0 bridgehead atoms. The molecule has 7 N–H and O–H groups in total. The van der Waals surface area contributed by atoms with E-state index in [1.807, 2.05) is 4.90 Å². The Morgan fingerprint density at radius 2 is 0.976 bits per heavy atom. The van der Waals surface area contributed by atoms with Crippen LogP contribution in [0.25, 0.3) is 0 Å². The van der Waals surface area contributed by atoms with Gasteiger partial charge in [0.25, 0.3) is 0 Å². The third kappa shape index (κ3) is 18.6. The second kappa shape index (κ2) is 20.9. The summed E-state index contributed by atoms with van der Waals surface area (Å²) in [5, 5.41) is 33.6. The number of carboxylic acids is 3. The second-order valence-corrected chi connectivity index (χ2v) is 11.2. The molecule has 1 heterocycles. The van der Waals surface area contributed by atoms with Gasteiger partial charge in [-0.2, -0.15) is 0 Å². The van der Waals surface area contributed by atoms with Crippen LogP contribution in [-0.2, 0) is 24.0 Å². The molecular weight excluding hydrogens is 550 g/mol. The van der Waals surface area contributed by atoms with Crippen molar-refractivity contribution in [2.45, 2.75) is 45.6 Å². The van der Waals surface area contributed by atoms with E-state index < -0.39 is 23.9 Å². The summed E-state index contributed by atoms with van der Waals surface area (Å²) in [5.74, 6) is -2.90. The molecule has 1 rings (SSSR count). The van der Waals surface area contributed by atoms with Crippen molar-refractivity contribution in [1.82, 2.24) is 30.2 Å². The van der Waals surface area contributed by atoms with Gasteiger partial charge in [0.2, 0.25) is 11.8 Å². The first-order valence-corrected chi connectivity index (χ1v) is 14.7. The van der Waals surface area contributed by atoms with E-state index in [-0.39, 0.29) is 38.0 Å². The Balaban J connectivity index is 2.67. The van der Waals surface area contributed by atoms with Gasteiger partial charge in [0, 0.05) is 65.4 Å².